The van der Waals surface area contributed by atoms with E-state index in [1.807, 2.05) is 0 Å². The number of aryl methyl sites for hydroxylation is 1. The Hall–Kier alpha value is -2.50. The van der Waals surface area contributed by atoms with Gasteiger partial charge in [0.25, 0.3) is 0 Å². The maximum absolute atomic E-state index is 13.3. The van der Waals surface area contributed by atoms with Gasteiger partial charge in [0.15, 0.2) is 11.5 Å². The summed E-state index contributed by atoms with van der Waals surface area (Å²) in [4.78, 5) is 12.2. The first-order chi connectivity index (χ1) is 10.9. The van der Waals surface area contributed by atoms with Crippen molar-refractivity contribution in [1.82, 2.24) is 0 Å². The molecule has 23 heavy (non-hydrogen) atoms. The Morgan fingerprint density at radius 1 is 1.04 bits per heavy atom. The predicted molar refractivity (Wildman–Crippen MR) is 78.8 cm³/mol. The summed E-state index contributed by atoms with van der Waals surface area (Å²) in [5.74, 6) is -0.742. The second-order valence-corrected chi connectivity index (χ2v) is 4.73. The van der Waals surface area contributed by atoms with Crippen molar-refractivity contribution in [3.63, 3.8) is 0 Å². The van der Waals surface area contributed by atoms with Crippen LogP contribution in [0, 0.1) is 0 Å². The van der Waals surface area contributed by atoms with Gasteiger partial charge >= 0.3 is 12.1 Å². The van der Waals surface area contributed by atoms with Crippen LogP contribution in [-0.2, 0) is 12.6 Å². The number of benzene rings is 2. The predicted octanol–water partition coefficient (Wildman–Crippen LogP) is 4.50. The Labute approximate surface area is 131 Å². The molecule has 0 aliphatic rings. The number of hydrogen-bond donors (Lipinski definition) is 0. The maximum Gasteiger partial charge on any atom is 0.417 e. The Kier molecular flexibility index (Phi) is 4.93. The zero-order valence-electron chi connectivity index (χ0n) is 12.6. The lowest BCUT2D eigenvalue weighted by Crippen LogP contribution is -2.19. The van der Waals surface area contributed by atoms with Crippen LogP contribution in [0.1, 0.15) is 28.4 Å². The highest BCUT2D eigenvalue weighted by Crippen LogP contribution is 2.36. The van der Waals surface area contributed by atoms with Gasteiger partial charge in [0.1, 0.15) is 0 Å². The zero-order chi connectivity index (χ0) is 17.0. The van der Waals surface area contributed by atoms with Crippen LogP contribution in [-0.4, -0.2) is 13.1 Å². The van der Waals surface area contributed by atoms with Crippen molar-refractivity contribution < 1.29 is 27.4 Å². The summed E-state index contributed by atoms with van der Waals surface area (Å²) in [5.41, 5.74) is -1.42. The van der Waals surface area contributed by atoms with Gasteiger partial charge in [-0.1, -0.05) is 31.2 Å². The highest BCUT2D eigenvalue weighted by Gasteiger charge is 2.38. The van der Waals surface area contributed by atoms with Gasteiger partial charge in [0.2, 0.25) is 0 Å². The first-order valence-electron chi connectivity index (χ1n) is 6.92. The number of hydrogen-bond acceptors (Lipinski definition) is 3. The molecular weight excluding hydrogens is 309 g/mol. The number of rotatable bonds is 4. The Bertz CT molecular complexity index is 708. The highest BCUT2D eigenvalue weighted by atomic mass is 19.4. The standard InChI is InChI=1S/C17H15F3O3/c1-3-11-7-6-8-12(15(11)17(18,19)20)16(21)23-14-10-5-4-9-13(14)22-2/h4-10H,3H2,1-2H3. The molecule has 0 saturated carbocycles. The number of carbonyl (C=O) groups is 1. The Morgan fingerprint density at radius 3 is 2.26 bits per heavy atom. The van der Waals surface area contributed by atoms with E-state index < -0.39 is 23.3 Å². The molecule has 2 rings (SSSR count). The maximum atomic E-state index is 13.3. The topological polar surface area (TPSA) is 35.5 Å². The van der Waals surface area contributed by atoms with Crippen molar-refractivity contribution in [2.75, 3.05) is 7.11 Å². The lowest BCUT2D eigenvalue weighted by atomic mass is 9.98. The van der Waals surface area contributed by atoms with Gasteiger partial charge in [0, 0.05) is 0 Å². The molecule has 0 spiro atoms. The Morgan fingerprint density at radius 2 is 1.70 bits per heavy atom. The number of carbonyl (C=O) groups excluding carboxylic acids is 1. The van der Waals surface area contributed by atoms with Gasteiger partial charge in [0.05, 0.1) is 18.2 Å². The summed E-state index contributed by atoms with van der Waals surface area (Å²) >= 11 is 0. The summed E-state index contributed by atoms with van der Waals surface area (Å²) in [6.07, 6.45) is -4.48. The number of esters is 1. The third-order valence-corrected chi connectivity index (χ3v) is 3.31. The molecule has 0 fully saturated rings. The molecular formula is C17H15F3O3. The van der Waals surface area contributed by atoms with Crippen molar-refractivity contribution >= 4 is 5.97 Å². The van der Waals surface area contributed by atoms with E-state index in [-0.39, 0.29) is 23.5 Å². The number of halogens is 3. The molecule has 0 amide bonds. The second kappa shape index (κ2) is 6.73. The molecule has 0 aliphatic heterocycles. The largest absolute Gasteiger partial charge is 0.493 e. The molecule has 3 nitrogen and oxygen atoms in total. The summed E-state index contributed by atoms with van der Waals surface area (Å²) in [5, 5.41) is 0. The molecule has 0 unspecified atom stereocenters. The van der Waals surface area contributed by atoms with E-state index in [4.69, 9.17) is 9.47 Å². The normalized spacial score (nSPS) is 11.2. The van der Waals surface area contributed by atoms with E-state index in [0.717, 1.165) is 6.07 Å². The van der Waals surface area contributed by atoms with Gasteiger partial charge < -0.3 is 9.47 Å². The number of ether oxygens (including phenoxy) is 2. The van der Waals surface area contributed by atoms with Crippen molar-refractivity contribution in [1.29, 1.82) is 0 Å². The van der Waals surface area contributed by atoms with Gasteiger partial charge in [-0.3, -0.25) is 0 Å². The van der Waals surface area contributed by atoms with Crippen molar-refractivity contribution in [3.05, 3.63) is 59.2 Å². The van der Waals surface area contributed by atoms with Crippen molar-refractivity contribution in [2.45, 2.75) is 19.5 Å². The lowest BCUT2D eigenvalue weighted by Gasteiger charge is -2.16. The minimum absolute atomic E-state index is 0.0481. The molecule has 2 aromatic carbocycles. The zero-order valence-corrected chi connectivity index (χ0v) is 12.6. The van der Waals surface area contributed by atoms with Crippen LogP contribution >= 0.6 is 0 Å². The minimum atomic E-state index is -4.64. The van der Waals surface area contributed by atoms with E-state index >= 15 is 0 Å². The number of methoxy groups -OCH3 is 1. The van der Waals surface area contributed by atoms with Crippen LogP contribution in [0.5, 0.6) is 11.5 Å². The molecule has 6 heteroatoms. The van der Waals surface area contributed by atoms with Crippen molar-refractivity contribution in [2.24, 2.45) is 0 Å². The summed E-state index contributed by atoms with van der Waals surface area (Å²) in [6.45, 7) is 1.60. The summed E-state index contributed by atoms with van der Waals surface area (Å²) in [7, 11) is 1.38. The number of alkyl halides is 3. The molecule has 0 radical (unpaired) electrons. The smallest absolute Gasteiger partial charge is 0.417 e. The van der Waals surface area contributed by atoms with Crippen LogP contribution in [0.25, 0.3) is 0 Å². The SMILES string of the molecule is CCc1cccc(C(=O)Oc2ccccc2OC)c1C(F)(F)F. The van der Waals surface area contributed by atoms with E-state index in [9.17, 15) is 18.0 Å². The van der Waals surface area contributed by atoms with Crippen LogP contribution in [0.2, 0.25) is 0 Å². The second-order valence-electron chi connectivity index (χ2n) is 4.73. The molecule has 0 heterocycles. The molecule has 0 atom stereocenters. The molecule has 122 valence electrons. The van der Waals surface area contributed by atoms with Gasteiger partial charge in [-0.05, 0) is 30.2 Å². The lowest BCUT2D eigenvalue weighted by molar-refractivity contribution is -0.138. The van der Waals surface area contributed by atoms with Crippen LogP contribution in [0.15, 0.2) is 42.5 Å². The fraction of sp³-hybridized carbons (Fsp3) is 0.235. The molecule has 0 saturated heterocycles. The molecule has 0 bridgehead atoms. The fourth-order valence-corrected chi connectivity index (χ4v) is 2.26. The molecule has 0 aromatic heterocycles. The van der Waals surface area contributed by atoms with Gasteiger partial charge in [-0.2, -0.15) is 13.2 Å². The quantitative estimate of drug-likeness (QED) is 0.614. The minimum Gasteiger partial charge on any atom is -0.493 e. The van der Waals surface area contributed by atoms with E-state index in [2.05, 4.69) is 0 Å². The van der Waals surface area contributed by atoms with Crippen LogP contribution in [0.4, 0.5) is 13.2 Å². The monoisotopic (exact) mass is 324 g/mol. The van der Waals surface area contributed by atoms with Gasteiger partial charge in [-0.15, -0.1) is 0 Å². The number of para-hydroxylation sites is 2. The van der Waals surface area contributed by atoms with Crippen molar-refractivity contribution in [3.8, 4) is 11.5 Å². The highest BCUT2D eigenvalue weighted by molar-refractivity contribution is 5.93. The summed E-state index contributed by atoms with van der Waals surface area (Å²) in [6, 6.07) is 10.1. The molecule has 0 N–H and O–H groups in total. The third kappa shape index (κ3) is 3.64. The van der Waals surface area contributed by atoms with E-state index in [0.29, 0.717) is 0 Å². The fourth-order valence-electron chi connectivity index (χ4n) is 2.26. The van der Waals surface area contributed by atoms with Gasteiger partial charge in [-0.25, -0.2) is 4.79 Å². The van der Waals surface area contributed by atoms with Crippen LogP contribution < -0.4 is 9.47 Å². The Balaban J connectivity index is 2.44. The average Bonchev–Trinajstić information content (AvgIpc) is 2.53. The molecule has 2 aromatic rings. The van der Waals surface area contributed by atoms with E-state index in [1.165, 1.54) is 25.3 Å². The first-order valence-corrected chi connectivity index (χ1v) is 6.92. The van der Waals surface area contributed by atoms with Crippen LogP contribution in [0.3, 0.4) is 0 Å². The molecule has 0 aliphatic carbocycles. The first kappa shape index (κ1) is 16.9. The average molecular weight is 324 g/mol. The van der Waals surface area contributed by atoms with E-state index in [1.54, 1.807) is 25.1 Å². The summed E-state index contributed by atoms with van der Waals surface area (Å²) < 4.78 is 50.0. The third-order valence-electron chi connectivity index (χ3n) is 3.31.